The van der Waals surface area contributed by atoms with Gasteiger partial charge >= 0.3 is 0 Å². The molecule has 7 nitrogen and oxygen atoms in total. The number of hydrogen-bond donors (Lipinski definition) is 0. The van der Waals surface area contributed by atoms with E-state index in [-0.39, 0.29) is 23.9 Å². The number of hydrogen-bond acceptors (Lipinski definition) is 5. The summed E-state index contributed by atoms with van der Waals surface area (Å²) in [5, 5.41) is 0.354. The summed E-state index contributed by atoms with van der Waals surface area (Å²) in [5.74, 6) is -1.24. The summed E-state index contributed by atoms with van der Waals surface area (Å²) in [6.45, 7) is 3.13. The number of nitrogens with zero attached hydrogens (tertiary/aromatic N) is 4. The van der Waals surface area contributed by atoms with Gasteiger partial charge in [0, 0.05) is 37.3 Å². The molecule has 4 aromatic rings. The molecule has 1 aliphatic rings. The zero-order chi connectivity index (χ0) is 25.4. The zero-order valence-corrected chi connectivity index (χ0v) is 20.2. The second-order valence-electron chi connectivity index (χ2n) is 8.60. The van der Waals surface area contributed by atoms with Gasteiger partial charge in [-0.1, -0.05) is 18.2 Å². The molecule has 0 bridgehead atoms. The van der Waals surface area contributed by atoms with Crippen molar-refractivity contribution >= 4 is 33.4 Å². The number of carbonyl (C=O) groups excluding carboxylic acids is 2. The van der Waals surface area contributed by atoms with Crippen LogP contribution in [0.4, 0.5) is 8.78 Å². The van der Waals surface area contributed by atoms with Gasteiger partial charge in [0.25, 0.3) is 17.4 Å². The van der Waals surface area contributed by atoms with Crippen LogP contribution >= 0.6 is 11.3 Å². The van der Waals surface area contributed by atoms with Crippen molar-refractivity contribution < 1.29 is 18.4 Å². The van der Waals surface area contributed by atoms with Gasteiger partial charge in [-0.05, 0) is 42.8 Å². The molecule has 0 unspecified atom stereocenters. The molecule has 1 aliphatic heterocycles. The predicted octanol–water partition coefficient (Wildman–Crippen LogP) is 3.69. The summed E-state index contributed by atoms with van der Waals surface area (Å²) < 4.78 is 28.6. The standard InChI is InChI=1S/C26H22F2N4O3S/c1-16-21-23(29-15-32(25(21)34)14-18-4-2-3-5-20(18)28)36-22(16)26(35)31-12-10-30(11-13-31)24(33)17-6-8-19(27)9-7-17/h2-9,15H,10-14H2,1H3. The van der Waals surface area contributed by atoms with Crippen LogP contribution in [0.3, 0.4) is 0 Å². The van der Waals surface area contributed by atoms with E-state index >= 15 is 0 Å². The summed E-state index contributed by atoms with van der Waals surface area (Å²) in [7, 11) is 0. The maximum Gasteiger partial charge on any atom is 0.264 e. The first-order valence-corrected chi connectivity index (χ1v) is 12.2. The predicted molar refractivity (Wildman–Crippen MR) is 132 cm³/mol. The molecular formula is C26H22F2N4O3S. The minimum absolute atomic E-state index is 0.0387. The molecule has 2 aromatic carbocycles. The minimum atomic E-state index is -0.408. The molecule has 36 heavy (non-hydrogen) atoms. The first-order chi connectivity index (χ1) is 17.3. The van der Waals surface area contributed by atoms with Crippen LogP contribution in [-0.2, 0) is 6.54 Å². The summed E-state index contributed by atoms with van der Waals surface area (Å²) in [4.78, 5) is 47.7. The number of rotatable bonds is 4. The fourth-order valence-corrected chi connectivity index (χ4v) is 5.42. The van der Waals surface area contributed by atoms with E-state index in [1.54, 1.807) is 34.9 Å². The van der Waals surface area contributed by atoms with Crippen molar-refractivity contribution in [3.05, 3.63) is 98.4 Å². The highest BCUT2D eigenvalue weighted by Gasteiger charge is 2.28. The number of aryl methyl sites for hydroxylation is 1. The third kappa shape index (κ3) is 4.39. The van der Waals surface area contributed by atoms with E-state index in [1.165, 1.54) is 41.2 Å². The van der Waals surface area contributed by atoms with Crippen LogP contribution in [0.5, 0.6) is 0 Å². The number of piperazine rings is 1. The molecule has 0 N–H and O–H groups in total. The average molecular weight is 509 g/mol. The van der Waals surface area contributed by atoms with E-state index < -0.39 is 11.6 Å². The zero-order valence-electron chi connectivity index (χ0n) is 19.4. The highest BCUT2D eigenvalue weighted by atomic mass is 32.1. The van der Waals surface area contributed by atoms with Crippen molar-refractivity contribution in [1.82, 2.24) is 19.4 Å². The Morgan fingerprint density at radius 3 is 2.25 bits per heavy atom. The van der Waals surface area contributed by atoms with Gasteiger partial charge in [0.2, 0.25) is 0 Å². The molecule has 2 aromatic heterocycles. The number of halogens is 2. The molecule has 3 heterocycles. The first-order valence-electron chi connectivity index (χ1n) is 11.4. The van der Waals surface area contributed by atoms with Crippen LogP contribution in [0.1, 0.15) is 31.2 Å². The monoisotopic (exact) mass is 508 g/mol. The van der Waals surface area contributed by atoms with Crippen LogP contribution in [-0.4, -0.2) is 57.3 Å². The molecule has 2 amide bonds. The van der Waals surface area contributed by atoms with Crippen molar-refractivity contribution in [3.8, 4) is 0 Å². The lowest BCUT2D eigenvalue weighted by molar-refractivity contribution is 0.0537. The largest absolute Gasteiger partial charge is 0.335 e. The van der Waals surface area contributed by atoms with E-state index in [0.29, 0.717) is 58.0 Å². The first kappa shape index (κ1) is 23.8. The number of thiophene rings is 1. The maximum absolute atomic E-state index is 14.1. The van der Waals surface area contributed by atoms with E-state index in [0.717, 1.165) is 11.3 Å². The lowest BCUT2D eigenvalue weighted by Crippen LogP contribution is -2.50. The average Bonchev–Trinajstić information content (AvgIpc) is 3.23. The van der Waals surface area contributed by atoms with E-state index in [9.17, 15) is 23.2 Å². The van der Waals surface area contributed by atoms with Gasteiger partial charge in [0.1, 0.15) is 16.5 Å². The van der Waals surface area contributed by atoms with Crippen molar-refractivity contribution in [2.75, 3.05) is 26.2 Å². The third-order valence-corrected chi connectivity index (χ3v) is 7.54. The smallest absolute Gasteiger partial charge is 0.264 e. The molecule has 1 fully saturated rings. The number of carbonyl (C=O) groups is 2. The van der Waals surface area contributed by atoms with Crippen molar-refractivity contribution in [3.63, 3.8) is 0 Å². The molecule has 0 radical (unpaired) electrons. The van der Waals surface area contributed by atoms with Crippen molar-refractivity contribution in [2.45, 2.75) is 13.5 Å². The molecule has 1 saturated heterocycles. The highest BCUT2D eigenvalue weighted by molar-refractivity contribution is 7.20. The van der Waals surface area contributed by atoms with Crippen molar-refractivity contribution in [1.29, 1.82) is 0 Å². The van der Waals surface area contributed by atoms with Crippen LogP contribution in [0.2, 0.25) is 0 Å². The Hall–Kier alpha value is -3.92. The quantitative estimate of drug-likeness (QED) is 0.422. The number of fused-ring (bicyclic) bond motifs is 1. The highest BCUT2D eigenvalue weighted by Crippen LogP contribution is 2.28. The van der Waals surface area contributed by atoms with Gasteiger partial charge in [-0.25, -0.2) is 13.8 Å². The summed E-state index contributed by atoms with van der Waals surface area (Å²) in [5.41, 5.74) is 0.989. The van der Waals surface area contributed by atoms with Gasteiger partial charge in [-0.3, -0.25) is 19.0 Å². The minimum Gasteiger partial charge on any atom is -0.335 e. The lowest BCUT2D eigenvalue weighted by Gasteiger charge is -2.34. The second kappa shape index (κ2) is 9.62. The fourth-order valence-electron chi connectivity index (χ4n) is 4.32. The van der Waals surface area contributed by atoms with Crippen LogP contribution < -0.4 is 5.56 Å². The van der Waals surface area contributed by atoms with Crippen LogP contribution in [0, 0.1) is 18.6 Å². The van der Waals surface area contributed by atoms with Crippen LogP contribution in [0.25, 0.3) is 10.2 Å². The molecule has 0 spiro atoms. The Bertz CT molecular complexity index is 1520. The molecule has 5 rings (SSSR count). The Morgan fingerprint density at radius 2 is 1.58 bits per heavy atom. The van der Waals surface area contributed by atoms with E-state index in [4.69, 9.17) is 0 Å². The molecular weight excluding hydrogens is 486 g/mol. The molecule has 0 saturated carbocycles. The Balaban J connectivity index is 1.33. The number of amides is 2. The number of benzene rings is 2. The second-order valence-corrected chi connectivity index (χ2v) is 9.60. The maximum atomic E-state index is 14.1. The van der Waals surface area contributed by atoms with Gasteiger partial charge in [-0.2, -0.15) is 0 Å². The molecule has 10 heteroatoms. The number of aromatic nitrogens is 2. The Morgan fingerprint density at radius 1 is 0.944 bits per heavy atom. The normalized spacial score (nSPS) is 13.9. The van der Waals surface area contributed by atoms with Crippen LogP contribution in [0.15, 0.2) is 59.7 Å². The topological polar surface area (TPSA) is 75.5 Å². The molecule has 0 atom stereocenters. The summed E-state index contributed by atoms with van der Waals surface area (Å²) in [6.07, 6.45) is 1.38. The summed E-state index contributed by atoms with van der Waals surface area (Å²) >= 11 is 1.16. The van der Waals surface area contributed by atoms with E-state index in [2.05, 4.69) is 4.98 Å². The Labute approximate surface area is 209 Å². The van der Waals surface area contributed by atoms with Gasteiger partial charge in [0.05, 0.1) is 23.1 Å². The van der Waals surface area contributed by atoms with Gasteiger partial charge in [0.15, 0.2) is 0 Å². The molecule has 0 aliphatic carbocycles. The SMILES string of the molecule is Cc1c(C(=O)N2CCN(C(=O)c3ccc(F)cc3)CC2)sc2ncn(Cc3ccccc3F)c(=O)c12. The summed E-state index contributed by atoms with van der Waals surface area (Å²) in [6, 6.07) is 11.6. The third-order valence-electron chi connectivity index (χ3n) is 6.36. The molecule has 184 valence electrons. The van der Waals surface area contributed by atoms with Crippen molar-refractivity contribution in [2.24, 2.45) is 0 Å². The van der Waals surface area contributed by atoms with E-state index in [1.807, 2.05) is 0 Å². The lowest BCUT2D eigenvalue weighted by atomic mass is 10.1. The van der Waals surface area contributed by atoms with Gasteiger partial charge in [-0.15, -0.1) is 11.3 Å². The fraction of sp³-hybridized carbons (Fsp3) is 0.231. The Kier molecular flexibility index (Phi) is 6.36. The van der Waals surface area contributed by atoms with Gasteiger partial charge < -0.3 is 9.80 Å².